The molecule has 2 fully saturated rings. The lowest BCUT2D eigenvalue weighted by molar-refractivity contribution is -0.126. The van der Waals surface area contributed by atoms with Crippen molar-refractivity contribution in [3.05, 3.63) is 23.8 Å². The van der Waals surface area contributed by atoms with E-state index in [4.69, 9.17) is 4.74 Å². The fraction of sp³-hybridized carbons (Fsp3) is 0.556. The fourth-order valence-corrected chi connectivity index (χ4v) is 3.55. The van der Waals surface area contributed by atoms with Gasteiger partial charge < -0.3 is 10.1 Å². The first-order valence-corrected chi connectivity index (χ1v) is 8.78. The molecule has 136 valence electrons. The molecule has 3 N–H and O–H groups in total. The summed E-state index contributed by atoms with van der Waals surface area (Å²) in [6, 6.07) is 5.80. The van der Waals surface area contributed by atoms with Crippen LogP contribution in [0.2, 0.25) is 0 Å². The zero-order chi connectivity index (χ0) is 17.8. The molecule has 2 aliphatic heterocycles. The molecule has 0 radical (unpaired) electrons. The minimum atomic E-state index is -0.0553. The van der Waals surface area contributed by atoms with Crippen LogP contribution in [0.1, 0.15) is 24.8 Å². The molecule has 2 saturated heterocycles. The van der Waals surface area contributed by atoms with Crippen molar-refractivity contribution in [2.45, 2.75) is 32.2 Å². The number of aryl methyl sites for hydroxylation is 1. The summed E-state index contributed by atoms with van der Waals surface area (Å²) in [6.07, 6.45) is 2.33. The van der Waals surface area contributed by atoms with Gasteiger partial charge in [-0.25, -0.2) is 5.43 Å². The number of amides is 2. The highest BCUT2D eigenvalue weighted by Gasteiger charge is 2.32. The van der Waals surface area contributed by atoms with Gasteiger partial charge >= 0.3 is 0 Å². The molecule has 2 unspecified atom stereocenters. The second-order valence-electron chi connectivity index (χ2n) is 6.79. The quantitative estimate of drug-likeness (QED) is 0.759. The zero-order valence-electron chi connectivity index (χ0n) is 14.8. The van der Waals surface area contributed by atoms with Crippen LogP contribution in [0.15, 0.2) is 18.2 Å². The number of hydrazine groups is 1. The van der Waals surface area contributed by atoms with E-state index in [-0.39, 0.29) is 23.8 Å². The van der Waals surface area contributed by atoms with Gasteiger partial charge in [-0.3, -0.25) is 19.9 Å². The van der Waals surface area contributed by atoms with E-state index in [1.165, 1.54) is 0 Å². The number of carbonyl (C=O) groups excluding carboxylic acids is 2. The number of carbonyl (C=O) groups is 2. The molecule has 2 atom stereocenters. The Morgan fingerprint density at radius 3 is 2.96 bits per heavy atom. The summed E-state index contributed by atoms with van der Waals surface area (Å²) in [5.41, 5.74) is 7.36. The molecule has 7 nitrogen and oxygen atoms in total. The van der Waals surface area contributed by atoms with Gasteiger partial charge in [0.1, 0.15) is 5.75 Å². The lowest BCUT2D eigenvalue weighted by Crippen LogP contribution is -2.57. The van der Waals surface area contributed by atoms with E-state index in [1.807, 2.05) is 25.1 Å². The maximum atomic E-state index is 12.7. The van der Waals surface area contributed by atoms with Crippen LogP contribution in [0.4, 0.5) is 5.69 Å². The Bertz CT molecular complexity index is 649. The fourth-order valence-electron chi connectivity index (χ4n) is 3.55. The van der Waals surface area contributed by atoms with Gasteiger partial charge in [-0.05, 0) is 50.1 Å². The van der Waals surface area contributed by atoms with Crippen LogP contribution < -0.4 is 20.9 Å². The summed E-state index contributed by atoms with van der Waals surface area (Å²) in [5, 5.41) is 3.05. The van der Waals surface area contributed by atoms with Crippen molar-refractivity contribution >= 4 is 17.5 Å². The van der Waals surface area contributed by atoms with Crippen LogP contribution in [-0.2, 0) is 9.59 Å². The van der Waals surface area contributed by atoms with Crippen molar-refractivity contribution in [2.75, 3.05) is 32.1 Å². The van der Waals surface area contributed by atoms with Crippen LogP contribution in [0.5, 0.6) is 5.75 Å². The van der Waals surface area contributed by atoms with E-state index in [0.29, 0.717) is 13.0 Å². The van der Waals surface area contributed by atoms with Gasteiger partial charge in [0.25, 0.3) is 0 Å². The van der Waals surface area contributed by atoms with E-state index in [2.05, 4.69) is 21.1 Å². The Labute approximate surface area is 148 Å². The molecule has 3 rings (SSSR count). The van der Waals surface area contributed by atoms with E-state index >= 15 is 0 Å². The Morgan fingerprint density at radius 2 is 2.24 bits per heavy atom. The monoisotopic (exact) mass is 346 g/mol. The molecule has 2 amide bonds. The second-order valence-corrected chi connectivity index (χ2v) is 6.79. The van der Waals surface area contributed by atoms with Crippen molar-refractivity contribution in [3.63, 3.8) is 0 Å². The van der Waals surface area contributed by atoms with Gasteiger partial charge in [0.15, 0.2) is 0 Å². The predicted octanol–water partition coefficient (Wildman–Crippen LogP) is 1.05. The third-order valence-corrected chi connectivity index (χ3v) is 5.02. The van der Waals surface area contributed by atoms with Gasteiger partial charge in [-0.2, -0.15) is 0 Å². The summed E-state index contributed by atoms with van der Waals surface area (Å²) in [5.74, 6) is 0.783. The highest BCUT2D eigenvalue weighted by molar-refractivity contribution is 5.93. The number of ether oxygens (including phenoxy) is 1. The number of anilines is 1. The Balaban J connectivity index is 1.61. The van der Waals surface area contributed by atoms with Gasteiger partial charge in [0.05, 0.1) is 13.0 Å². The number of hydrogen-bond donors (Lipinski definition) is 3. The molecule has 0 aliphatic carbocycles. The standard InChI is InChI=1S/C18H26N4O3/c1-12-8-15(25-2)5-6-16(12)20-18(24)13-4-3-7-22(11-13)14-9-17(23)21-19-10-14/h5-6,8,13-14,19H,3-4,7,9-11H2,1-2H3,(H,20,24)(H,21,23). The summed E-state index contributed by atoms with van der Waals surface area (Å²) in [7, 11) is 1.63. The SMILES string of the molecule is COc1ccc(NC(=O)C2CCCN(C3CNNC(=O)C3)C2)c(C)c1. The van der Waals surface area contributed by atoms with E-state index in [9.17, 15) is 9.59 Å². The largest absolute Gasteiger partial charge is 0.497 e. The molecule has 1 aromatic carbocycles. The predicted molar refractivity (Wildman–Crippen MR) is 95.2 cm³/mol. The molecular formula is C18H26N4O3. The van der Waals surface area contributed by atoms with E-state index in [1.54, 1.807) is 7.11 Å². The van der Waals surface area contributed by atoms with Crippen LogP contribution in [0, 0.1) is 12.8 Å². The minimum absolute atomic E-state index is 0.0108. The Morgan fingerprint density at radius 1 is 1.40 bits per heavy atom. The topological polar surface area (TPSA) is 82.7 Å². The average Bonchev–Trinajstić information content (AvgIpc) is 2.63. The molecule has 0 aromatic heterocycles. The van der Waals surface area contributed by atoms with Crippen LogP contribution in [0.25, 0.3) is 0 Å². The van der Waals surface area contributed by atoms with Crippen LogP contribution in [0.3, 0.4) is 0 Å². The number of benzene rings is 1. The molecule has 2 aliphatic rings. The van der Waals surface area contributed by atoms with Crippen LogP contribution in [-0.4, -0.2) is 49.5 Å². The van der Waals surface area contributed by atoms with Crippen LogP contribution >= 0.6 is 0 Å². The number of hydrogen-bond acceptors (Lipinski definition) is 5. The van der Waals surface area contributed by atoms with Gasteiger partial charge in [0.2, 0.25) is 11.8 Å². The van der Waals surface area contributed by atoms with Gasteiger partial charge in [-0.15, -0.1) is 0 Å². The number of nitrogens with zero attached hydrogens (tertiary/aromatic N) is 1. The summed E-state index contributed by atoms with van der Waals surface area (Å²) >= 11 is 0. The molecule has 7 heteroatoms. The second kappa shape index (κ2) is 7.84. The first kappa shape index (κ1) is 17.7. The number of nitrogens with one attached hydrogen (secondary N) is 3. The smallest absolute Gasteiger partial charge is 0.235 e. The zero-order valence-corrected chi connectivity index (χ0v) is 14.8. The summed E-state index contributed by atoms with van der Waals surface area (Å²) in [4.78, 5) is 26.5. The van der Waals surface area contributed by atoms with E-state index in [0.717, 1.165) is 42.9 Å². The van der Waals surface area contributed by atoms with Crippen molar-refractivity contribution in [2.24, 2.45) is 5.92 Å². The molecule has 25 heavy (non-hydrogen) atoms. The van der Waals surface area contributed by atoms with Crippen molar-refractivity contribution in [1.29, 1.82) is 0 Å². The molecule has 0 bridgehead atoms. The normalized spacial score (nSPS) is 24.5. The minimum Gasteiger partial charge on any atom is -0.497 e. The third kappa shape index (κ3) is 4.29. The van der Waals surface area contributed by atoms with Crippen molar-refractivity contribution in [1.82, 2.24) is 15.8 Å². The molecule has 0 saturated carbocycles. The summed E-state index contributed by atoms with van der Waals surface area (Å²) in [6.45, 7) is 4.31. The number of piperidine rings is 1. The molecule has 1 aromatic rings. The third-order valence-electron chi connectivity index (χ3n) is 5.02. The van der Waals surface area contributed by atoms with E-state index < -0.39 is 0 Å². The maximum absolute atomic E-state index is 12.7. The van der Waals surface area contributed by atoms with Gasteiger partial charge in [0, 0.05) is 31.2 Å². The highest BCUT2D eigenvalue weighted by Crippen LogP contribution is 2.25. The Hall–Kier alpha value is -2.12. The Kier molecular flexibility index (Phi) is 5.55. The molecule has 2 heterocycles. The maximum Gasteiger partial charge on any atom is 0.235 e. The summed E-state index contributed by atoms with van der Waals surface area (Å²) < 4.78 is 5.20. The number of likely N-dealkylation sites (tertiary alicyclic amines) is 1. The van der Waals surface area contributed by atoms with Crippen molar-refractivity contribution < 1.29 is 14.3 Å². The number of methoxy groups -OCH3 is 1. The average molecular weight is 346 g/mol. The molecule has 0 spiro atoms. The highest BCUT2D eigenvalue weighted by atomic mass is 16.5. The molecular weight excluding hydrogens is 320 g/mol. The lowest BCUT2D eigenvalue weighted by Gasteiger charge is -2.39. The first-order valence-electron chi connectivity index (χ1n) is 8.78. The van der Waals surface area contributed by atoms with Crippen molar-refractivity contribution in [3.8, 4) is 5.75 Å². The van der Waals surface area contributed by atoms with Gasteiger partial charge in [-0.1, -0.05) is 0 Å². The first-order chi connectivity index (χ1) is 12.1. The lowest BCUT2D eigenvalue weighted by atomic mass is 9.94. The number of rotatable bonds is 4.